The van der Waals surface area contributed by atoms with Crippen LogP contribution in [0, 0.1) is 0 Å². The van der Waals surface area contributed by atoms with Gasteiger partial charge in [-0.3, -0.25) is 0 Å². The predicted octanol–water partition coefficient (Wildman–Crippen LogP) is 0.922. The Morgan fingerprint density at radius 1 is 1.12 bits per heavy atom. The molecule has 0 aliphatic heterocycles. The zero-order chi connectivity index (χ0) is 17.1. The Labute approximate surface area is 138 Å². The number of aromatic nitrogens is 4. The van der Waals surface area contributed by atoms with Crippen LogP contribution in [0.2, 0.25) is 0 Å². The molecule has 8 nitrogen and oxygen atoms in total. The maximum absolute atomic E-state index is 11.2. The predicted molar refractivity (Wildman–Crippen MR) is 83.9 cm³/mol. The molecule has 0 fully saturated rings. The average Bonchev–Trinajstić information content (AvgIpc) is 3.00. The fraction of sp³-hybridized carbons (Fsp3) is 0.0667. The van der Waals surface area contributed by atoms with E-state index in [0.717, 1.165) is 5.56 Å². The van der Waals surface area contributed by atoms with Gasteiger partial charge in [-0.1, -0.05) is 30.3 Å². The Kier molecular flexibility index (Phi) is 4.34. The van der Waals surface area contributed by atoms with Gasteiger partial charge < -0.3 is 5.11 Å². The van der Waals surface area contributed by atoms with E-state index in [9.17, 15) is 13.2 Å². The number of hydrogen-bond donors (Lipinski definition) is 2. The maximum Gasteiger partial charge on any atom is 0.375 e. The summed E-state index contributed by atoms with van der Waals surface area (Å²) >= 11 is 0. The summed E-state index contributed by atoms with van der Waals surface area (Å²) in [7, 11) is -2.73. The first-order valence-corrected chi connectivity index (χ1v) is 8.06. The molecule has 0 unspecified atom stereocenters. The van der Waals surface area contributed by atoms with Gasteiger partial charge >= 0.3 is 5.97 Å². The lowest BCUT2D eigenvalue weighted by Gasteiger charge is -2.05. The highest BCUT2D eigenvalue weighted by molar-refractivity contribution is 7.72. The number of thiol groups is 1. The van der Waals surface area contributed by atoms with Gasteiger partial charge in [0.1, 0.15) is 5.82 Å². The molecule has 0 aliphatic carbocycles. The van der Waals surface area contributed by atoms with E-state index >= 15 is 0 Å². The summed E-state index contributed by atoms with van der Waals surface area (Å²) in [6.07, 6.45) is 1.55. The van der Waals surface area contributed by atoms with Crippen LogP contribution in [-0.2, 0) is 17.1 Å². The smallest absolute Gasteiger partial charge is 0.375 e. The van der Waals surface area contributed by atoms with Crippen molar-refractivity contribution in [2.24, 2.45) is 0 Å². The molecule has 0 aliphatic rings. The van der Waals surface area contributed by atoms with Crippen LogP contribution < -0.4 is 0 Å². The van der Waals surface area contributed by atoms with Crippen LogP contribution in [0.4, 0.5) is 0 Å². The molecule has 3 rings (SSSR count). The normalized spacial score (nSPS) is 10.9. The average molecular weight is 344 g/mol. The third-order valence-electron chi connectivity index (χ3n) is 3.23. The van der Waals surface area contributed by atoms with Crippen molar-refractivity contribution < 1.29 is 18.3 Å². The van der Waals surface area contributed by atoms with Crippen molar-refractivity contribution in [1.82, 2.24) is 19.7 Å². The molecule has 0 atom stereocenters. The van der Waals surface area contributed by atoms with Crippen molar-refractivity contribution in [3.8, 4) is 5.82 Å². The van der Waals surface area contributed by atoms with E-state index in [1.165, 1.54) is 23.0 Å². The van der Waals surface area contributed by atoms with Crippen LogP contribution in [0.5, 0.6) is 0 Å². The van der Waals surface area contributed by atoms with Gasteiger partial charge in [0.25, 0.3) is 5.82 Å². The summed E-state index contributed by atoms with van der Waals surface area (Å²) in [5.41, 5.74) is 0.933. The second-order valence-electron chi connectivity index (χ2n) is 4.86. The van der Waals surface area contributed by atoms with Gasteiger partial charge in [-0.25, -0.2) is 23.2 Å². The highest BCUT2D eigenvalue weighted by atomic mass is 32.2. The van der Waals surface area contributed by atoms with Crippen molar-refractivity contribution >= 4 is 16.7 Å². The molecule has 0 saturated carbocycles. The fourth-order valence-corrected chi connectivity index (χ4v) is 2.47. The minimum atomic E-state index is -2.73. The summed E-state index contributed by atoms with van der Waals surface area (Å²) in [5, 5.41) is 13.1. The number of rotatable bonds is 5. The van der Waals surface area contributed by atoms with Crippen LogP contribution in [0.25, 0.3) is 5.82 Å². The monoisotopic (exact) mass is 344 g/mol. The molecule has 0 amide bonds. The first kappa shape index (κ1) is 15.8. The first-order valence-electron chi connectivity index (χ1n) is 6.88. The summed E-state index contributed by atoms with van der Waals surface area (Å²) in [6, 6.07) is 12.2. The van der Waals surface area contributed by atoms with E-state index in [1.807, 2.05) is 30.3 Å². The molecule has 122 valence electrons. The van der Waals surface area contributed by atoms with Gasteiger partial charge in [0.15, 0.2) is 16.5 Å². The second-order valence-corrected chi connectivity index (χ2v) is 5.89. The van der Waals surface area contributed by atoms with E-state index in [-0.39, 0.29) is 10.7 Å². The molecule has 1 aromatic carbocycles. The van der Waals surface area contributed by atoms with Gasteiger partial charge in [0.2, 0.25) is 0 Å². The van der Waals surface area contributed by atoms with Crippen LogP contribution in [0.3, 0.4) is 0 Å². The lowest BCUT2D eigenvalue weighted by atomic mass is 10.1. The topological polar surface area (TPSA) is 115 Å². The van der Waals surface area contributed by atoms with E-state index in [2.05, 4.69) is 15.1 Å². The Morgan fingerprint density at radius 2 is 1.88 bits per heavy atom. The highest BCUT2D eigenvalue weighted by Gasteiger charge is 2.17. The number of aromatic carboxylic acids is 1. The Bertz CT molecular complexity index is 941. The van der Waals surface area contributed by atoms with Crippen molar-refractivity contribution in [2.75, 3.05) is 0 Å². The zero-order valence-corrected chi connectivity index (χ0v) is 13.1. The van der Waals surface area contributed by atoms with Gasteiger partial charge in [0, 0.05) is 12.6 Å². The zero-order valence-electron chi connectivity index (χ0n) is 12.2. The largest absolute Gasteiger partial charge is 0.475 e. The van der Waals surface area contributed by atoms with E-state index in [1.54, 1.807) is 0 Å². The minimum absolute atomic E-state index is 0.0666. The van der Waals surface area contributed by atoms with Crippen LogP contribution in [0.1, 0.15) is 22.0 Å². The Hall–Kier alpha value is -3.07. The molecular weight excluding hydrogens is 332 g/mol. The van der Waals surface area contributed by atoms with Crippen LogP contribution in [-0.4, -0.2) is 39.2 Å². The van der Waals surface area contributed by atoms with Gasteiger partial charge in [-0.05, 0) is 17.7 Å². The molecule has 24 heavy (non-hydrogen) atoms. The van der Waals surface area contributed by atoms with E-state index in [4.69, 9.17) is 5.11 Å². The van der Waals surface area contributed by atoms with Crippen molar-refractivity contribution in [3.63, 3.8) is 0 Å². The first-order chi connectivity index (χ1) is 11.5. The quantitative estimate of drug-likeness (QED) is 0.661. The number of hydrogen-bond acceptors (Lipinski definition) is 6. The van der Waals surface area contributed by atoms with E-state index < -0.39 is 16.7 Å². The van der Waals surface area contributed by atoms with Gasteiger partial charge in [0.05, 0.1) is 4.90 Å². The summed E-state index contributed by atoms with van der Waals surface area (Å²) < 4.78 is 23.2. The summed E-state index contributed by atoms with van der Waals surface area (Å²) in [6.45, 7) is 0. The number of benzene rings is 1. The van der Waals surface area contributed by atoms with E-state index in [0.29, 0.717) is 18.1 Å². The molecule has 9 heteroatoms. The number of carboxylic acid groups (broad SMARTS) is 1. The molecule has 2 aromatic heterocycles. The molecule has 3 aromatic rings. The van der Waals surface area contributed by atoms with Crippen molar-refractivity contribution in [1.29, 1.82) is 0 Å². The molecular formula is C15H12N4O4S. The standard InChI is InChI=1S/C15H12N4O4S/c20-15(21)14-17-13(8-10-4-2-1-3-5-10)19(18-14)12-7-6-11(9-16-12)24(22)23/h1-7,9,24H,8H2,(H,20,21). The van der Waals surface area contributed by atoms with Crippen molar-refractivity contribution in [2.45, 2.75) is 11.3 Å². The Balaban J connectivity index is 2.03. The third-order valence-corrected chi connectivity index (χ3v) is 3.92. The number of pyridine rings is 1. The highest BCUT2D eigenvalue weighted by Crippen LogP contribution is 2.13. The molecule has 0 saturated heterocycles. The summed E-state index contributed by atoms with van der Waals surface area (Å²) in [5.74, 6) is -0.907. The summed E-state index contributed by atoms with van der Waals surface area (Å²) in [4.78, 5) is 19.3. The number of nitrogens with zero attached hydrogens (tertiary/aromatic N) is 4. The van der Waals surface area contributed by atoms with Gasteiger partial charge in [-0.15, -0.1) is 5.10 Å². The molecule has 1 N–H and O–H groups in total. The minimum Gasteiger partial charge on any atom is -0.475 e. The van der Waals surface area contributed by atoms with Crippen LogP contribution in [0.15, 0.2) is 53.6 Å². The Morgan fingerprint density at radius 3 is 2.46 bits per heavy atom. The second kappa shape index (κ2) is 6.59. The third kappa shape index (κ3) is 3.30. The number of carboxylic acids is 1. The van der Waals surface area contributed by atoms with Crippen molar-refractivity contribution in [3.05, 3.63) is 65.9 Å². The molecule has 2 heterocycles. The SMILES string of the molecule is O=C(O)c1nc(Cc2ccccc2)n(-c2ccc([SH](=O)=O)cn2)n1. The molecule has 0 spiro atoms. The lowest BCUT2D eigenvalue weighted by Crippen LogP contribution is -2.06. The number of carbonyl (C=O) groups is 1. The fourth-order valence-electron chi connectivity index (χ4n) is 2.12. The molecule has 0 bridgehead atoms. The van der Waals surface area contributed by atoms with Gasteiger partial charge in [-0.2, -0.15) is 4.68 Å². The maximum atomic E-state index is 11.2. The molecule has 0 radical (unpaired) electrons. The lowest BCUT2D eigenvalue weighted by molar-refractivity contribution is 0.0683. The van der Waals surface area contributed by atoms with Crippen LogP contribution >= 0.6 is 0 Å².